The lowest BCUT2D eigenvalue weighted by molar-refractivity contribution is 0.236. The van der Waals surface area contributed by atoms with Gasteiger partial charge >= 0.3 is 0 Å². The van der Waals surface area contributed by atoms with Crippen molar-refractivity contribution >= 4 is 10.0 Å². The maximum absolute atomic E-state index is 11.8. The van der Waals surface area contributed by atoms with Crippen LogP contribution in [0.3, 0.4) is 0 Å². The molecule has 0 fully saturated rings. The standard InChI is InChI=1S/C20H26N2O6S/c1-25-15-9-17(26-2)16(18(10-15)27-3)12-22-6-5-13-8-20(29(21,23)24)19(28-4)7-14(13)11-22/h7-10H,5-6,11-12H2,1-4H3,(H2,21,23,24). The molecule has 0 aromatic heterocycles. The molecule has 0 amide bonds. The third-order valence-corrected chi connectivity index (χ3v) is 6.01. The second-order valence-corrected chi connectivity index (χ2v) is 8.32. The molecule has 2 aromatic rings. The number of methoxy groups -OCH3 is 4. The Morgan fingerprint density at radius 1 is 0.897 bits per heavy atom. The average Bonchev–Trinajstić information content (AvgIpc) is 2.71. The molecule has 1 aliphatic rings. The van der Waals surface area contributed by atoms with Crippen LogP contribution in [0.1, 0.15) is 16.7 Å². The van der Waals surface area contributed by atoms with Gasteiger partial charge in [-0.25, -0.2) is 13.6 Å². The van der Waals surface area contributed by atoms with E-state index in [0.29, 0.717) is 36.8 Å². The van der Waals surface area contributed by atoms with E-state index in [1.54, 1.807) is 33.5 Å². The first-order chi connectivity index (χ1) is 13.8. The summed E-state index contributed by atoms with van der Waals surface area (Å²) in [7, 11) is 2.41. The largest absolute Gasteiger partial charge is 0.496 e. The van der Waals surface area contributed by atoms with Crippen LogP contribution < -0.4 is 24.1 Å². The van der Waals surface area contributed by atoms with E-state index in [0.717, 1.165) is 23.2 Å². The van der Waals surface area contributed by atoms with Crippen molar-refractivity contribution in [2.45, 2.75) is 24.4 Å². The van der Waals surface area contributed by atoms with Gasteiger partial charge in [-0.1, -0.05) is 0 Å². The number of hydrogen-bond donors (Lipinski definition) is 1. The maximum atomic E-state index is 11.8. The van der Waals surface area contributed by atoms with Crippen molar-refractivity contribution in [3.05, 3.63) is 41.0 Å². The van der Waals surface area contributed by atoms with Crippen LogP contribution in [-0.4, -0.2) is 48.3 Å². The van der Waals surface area contributed by atoms with Crippen molar-refractivity contribution in [1.82, 2.24) is 4.90 Å². The third kappa shape index (κ3) is 4.42. The Labute approximate surface area is 171 Å². The summed E-state index contributed by atoms with van der Waals surface area (Å²) in [5.41, 5.74) is 2.89. The molecule has 158 valence electrons. The lowest BCUT2D eigenvalue weighted by Gasteiger charge is -2.30. The number of fused-ring (bicyclic) bond motifs is 1. The quantitative estimate of drug-likeness (QED) is 0.728. The average molecular weight is 423 g/mol. The number of benzene rings is 2. The van der Waals surface area contributed by atoms with Crippen LogP contribution in [0.4, 0.5) is 0 Å². The van der Waals surface area contributed by atoms with Crippen LogP contribution in [0.25, 0.3) is 0 Å². The van der Waals surface area contributed by atoms with Crippen molar-refractivity contribution in [3.63, 3.8) is 0 Å². The normalized spacial score (nSPS) is 14.2. The van der Waals surface area contributed by atoms with Crippen LogP contribution >= 0.6 is 0 Å². The van der Waals surface area contributed by atoms with Gasteiger partial charge in [-0.15, -0.1) is 0 Å². The third-order valence-electron chi connectivity index (χ3n) is 5.08. The topological polar surface area (TPSA) is 100 Å². The highest BCUT2D eigenvalue weighted by molar-refractivity contribution is 7.89. The molecule has 9 heteroatoms. The summed E-state index contributed by atoms with van der Waals surface area (Å²) in [6.45, 7) is 1.99. The highest BCUT2D eigenvalue weighted by Crippen LogP contribution is 2.36. The van der Waals surface area contributed by atoms with Gasteiger partial charge in [-0.2, -0.15) is 0 Å². The predicted molar refractivity (Wildman–Crippen MR) is 108 cm³/mol. The van der Waals surface area contributed by atoms with Crippen LogP contribution in [0.15, 0.2) is 29.2 Å². The second kappa shape index (κ2) is 8.48. The van der Waals surface area contributed by atoms with Gasteiger partial charge in [0.2, 0.25) is 10.0 Å². The summed E-state index contributed by atoms with van der Waals surface area (Å²) in [5, 5.41) is 5.33. The van der Waals surface area contributed by atoms with Crippen LogP contribution in [0, 0.1) is 0 Å². The fourth-order valence-corrected chi connectivity index (χ4v) is 4.33. The molecule has 1 aliphatic heterocycles. The zero-order chi connectivity index (χ0) is 21.2. The molecule has 0 radical (unpaired) electrons. The number of rotatable bonds is 7. The first kappa shape index (κ1) is 21.2. The Kier molecular flexibility index (Phi) is 6.21. The molecule has 0 bridgehead atoms. The van der Waals surface area contributed by atoms with Gasteiger partial charge in [0.25, 0.3) is 0 Å². The first-order valence-corrected chi connectivity index (χ1v) is 10.6. The van der Waals surface area contributed by atoms with Crippen LogP contribution in [-0.2, 0) is 29.5 Å². The van der Waals surface area contributed by atoms with Crippen molar-refractivity contribution in [2.24, 2.45) is 5.14 Å². The molecule has 0 unspecified atom stereocenters. The van der Waals surface area contributed by atoms with Crippen molar-refractivity contribution in [2.75, 3.05) is 35.0 Å². The summed E-state index contributed by atoms with van der Waals surface area (Å²) in [4.78, 5) is 2.26. The van der Waals surface area contributed by atoms with Crippen molar-refractivity contribution < 1.29 is 27.4 Å². The van der Waals surface area contributed by atoms with E-state index in [-0.39, 0.29) is 10.6 Å². The fourth-order valence-electron chi connectivity index (χ4n) is 3.60. The van der Waals surface area contributed by atoms with Gasteiger partial charge in [0, 0.05) is 31.8 Å². The number of sulfonamides is 1. The predicted octanol–water partition coefficient (Wildman–Crippen LogP) is 1.93. The number of nitrogens with zero attached hydrogens (tertiary/aromatic N) is 1. The van der Waals surface area contributed by atoms with E-state index >= 15 is 0 Å². The molecule has 2 aromatic carbocycles. The Bertz CT molecular complexity index is 981. The Morgan fingerprint density at radius 3 is 2.03 bits per heavy atom. The molecular weight excluding hydrogens is 396 g/mol. The van der Waals surface area contributed by atoms with E-state index in [1.807, 2.05) is 12.1 Å². The molecular formula is C20H26N2O6S. The molecule has 1 heterocycles. The van der Waals surface area contributed by atoms with Gasteiger partial charge in [-0.3, -0.25) is 4.90 Å². The summed E-state index contributed by atoms with van der Waals surface area (Å²) in [6.07, 6.45) is 0.697. The minimum atomic E-state index is -3.85. The summed E-state index contributed by atoms with van der Waals surface area (Å²) >= 11 is 0. The van der Waals surface area contributed by atoms with E-state index in [4.69, 9.17) is 24.1 Å². The number of primary sulfonamides is 1. The highest BCUT2D eigenvalue weighted by Gasteiger charge is 2.24. The maximum Gasteiger partial charge on any atom is 0.241 e. The molecule has 0 atom stereocenters. The fraction of sp³-hybridized carbons (Fsp3) is 0.400. The highest BCUT2D eigenvalue weighted by atomic mass is 32.2. The Hall–Kier alpha value is -2.49. The summed E-state index contributed by atoms with van der Waals surface area (Å²) < 4.78 is 45.3. The van der Waals surface area contributed by atoms with Crippen LogP contribution in [0.5, 0.6) is 23.0 Å². The summed E-state index contributed by atoms with van der Waals surface area (Å²) in [6, 6.07) is 7.04. The van der Waals surface area contributed by atoms with E-state index in [1.165, 1.54) is 7.11 Å². The minimum absolute atomic E-state index is 0.0192. The number of hydrogen-bond acceptors (Lipinski definition) is 7. The second-order valence-electron chi connectivity index (χ2n) is 6.79. The van der Waals surface area contributed by atoms with E-state index in [9.17, 15) is 8.42 Å². The van der Waals surface area contributed by atoms with E-state index in [2.05, 4.69) is 4.90 Å². The van der Waals surface area contributed by atoms with Gasteiger partial charge < -0.3 is 18.9 Å². The Morgan fingerprint density at radius 2 is 1.52 bits per heavy atom. The van der Waals surface area contributed by atoms with Gasteiger partial charge in [0.05, 0.1) is 34.0 Å². The first-order valence-electron chi connectivity index (χ1n) is 9.04. The van der Waals surface area contributed by atoms with Crippen molar-refractivity contribution in [3.8, 4) is 23.0 Å². The monoisotopic (exact) mass is 422 g/mol. The SMILES string of the molecule is COc1cc(OC)c(CN2CCc3cc(S(N)(=O)=O)c(OC)cc3C2)c(OC)c1. The Balaban J connectivity index is 1.91. The smallest absolute Gasteiger partial charge is 0.241 e. The molecule has 29 heavy (non-hydrogen) atoms. The lowest BCUT2D eigenvalue weighted by Crippen LogP contribution is -2.30. The molecule has 0 saturated carbocycles. The molecule has 3 rings (SSSR count). The van der Waals surface area contributed by atoms with Gasteiger partial charge in [0.1, 0.15) is 27.9 Å². The molecule has 2 N–H and O–H groups in total. The van der Waals surface area contributed by atoms with Gasteiger partial charge in [-0.05, 0) is 29.7 Å². The lowest BCUT2D eigenvalue weighted by atomic mass is 9.98. The minimum Gasteiger partial charge on any atom is -0.496 e. The molecule has 0 spiro atoms. The zero-order valence-corrected chi connectivity index (χ0v) is 17.8. The number of ether oxygens (including phenoxy) is 4. The molecule has 8 nitrogen and oxygen atoms in total. The van der Waals surface area contributed by atoms with Gasteiger partial charge in [0.15, 0.2) is 0 Å². The van der Waals surface area contributed by atoms with Crippen LogP contribution in [0.2, 0.25) is 0 Å². The number of nitrogens with two attached hydrogens (primary N) is 1. The molecule has 0 saturated heterocycles. The van der Waals surface area contributed by atoms with Crippen molar-refractivity contribution in [1.29, 1.82) is 0 Å². The summed E-state index contributed by atoms with van der Waals surface area (Å²) in [5.74, 6) is 2.29. The zero-order valence-electron chi connectivity index (χ0n) is 17.0. The molecule has 0 aliphatic carbocycles. The van der Waals surface area contributed by atoms with E-state index < -0.39 is 10.0 Å².